The summed E-state index contributed by atoms with van der Waals surface area (Å²) in [5, 5.41) is 34.5. The predicted octanol–water partition coefficient (Wildman–Crippen LogP) is 6.90. The number of carbonyl (C=O) groups excluding carboxylic acids is 2. The van der Waals surface area contributed by atoms with Gasteiger partial charge in [0.15, 0.2) is 0 Å². The molecule has 1 aliphatic carbocycles. The molecular formula is C32H36O6. The summed E-state index contributed by atoms with van der Waals surface area (Å²) in [5.74, 6) is 1.29. The van der Waals surface area contributed by atoms with Gasteiger partial charge >= 0.3 is 0 Å². The minimum absolute atomic E-state index is 0.322. The number of phenols is 4. The number of aldehydes is 2. The third-order valence-electron chi connectivity index (χ3n) is 5.28. The van der Waals surface area contributed by atoms with Crippen LogP contribution in [-0.2, 0) is 9.59 Å². The third-order valence-corrected chi connectivity index (χ3v) is 5.28. The van der Waals surface area contributed by atoms with E-state index in [1.165, 1.54) is 6.42 Å². The van der Waals surface area contributed by atoms with E-state index in [4.69, 9.17) is 20.4 Å². The lowest BCUT2D eigenvalue weighted by Gasteiger charge is -2.25. The van der Waals surface area contributed by atoms with Gasteiger partial charge < -0.3 is 30.0 Å². The second-order valence-electron chi connectivity index (χ2n) is 8.37. The summed E-state index contributed by atoms with van der Waals surface area (Å²) >= 11 is 0. The van der Waals surface area contributed by atoms with Gasteiger partial charge in [-0.2, -0.15) is 0 Å². The molecule has 200 valence electrons. The molecule has 0 atom stereocenters. The van der Waals surface area contributed by atoms with Crippen LogP contribution >= 0.6 is 0 Å². The highest BCUT2D eigenvalue weighted by Crippen LogP contribution is 2.31. The Hall–Kier alpha value is -4.58. The van der Waals surface area contributed by atoms with Gasteiger partial charge in [0.1, 0.15) is 35.6 Å². The van der Waals surface area contributed by atoms with E-state index in [1.807, 2.05) is 24.3 Å². The van der Waals surface area contributed by atoms with E-state index in [2.05, 4.69) is 0 Å². The summed E-state index contributed by atoms with van der Waals surface area (Å²) in [5.41, 5.74) is -0.599. The molecule has 1 aliphatic rings. The highest BCUT2D eigenvalue weighted by molar-refractivity contribution is 5.83. The van der Waals surface area contributed by atoms with Crippen LogP contribution in [0, 0.1) is 5.41 Å². The molecule has 5 rings (SSSR count). The van der Waals surface area contributed by atoms with Crippen molar-refractivity contribution in [3.8, 4) is 23.0 Å². The molecule has 4 aromatic rings. The molecule has 0 radical (unpaired) electrons. The zero-order valence-electron chi connectivity index (χ0n) is 21.3. The van der Waals surface area contributed by atoms with E-state index in [-0.39, 0.29) is 0 Å². The molecule has 38 heavy (non-hydrogen) atoms. The summed E-state index contributed by atoms with van der Waals surface area (Å²) < 4.78 is 0. The van der Waals surface area contributed by atoms with E-state index < -0.39 is 5.41 Å². The van der Waals surface area contributed by atoms with E-state index in [0.29, 0.717) is 23.0 Å². The average molecular weight is 517 g/mol. The van der Waals surface area contributed by atoms with Gasteiger partial charge in [-0.1, -0.05) is 92.1 Å². The van der Waals surface area contributed by atoms with Crippen LogP contribution in [0.2, 0.25) is 0 Å². The first-order valence-corrected chi connectivity index (χ1v) is 12.3. The molecule has 1 fully saturated rings. The number of phenolic OH excluding ortho intramolecular Hbond substituents is 4. The largest absolute Gasteiger partial charge is 0.508 e. The zero-order valence-corrected chi connectivity index (χ0v) is 21.3. The maximum atomic E-state index is 10.5. The fourth-order valence-electron chi connectivity index (χ4n) is 3.19. The highest BCUT2D eigenvalue weighted by atomic mass is 16.3. The number of carbonyl (C=O) groups is 2. The van der Waals surface area contributed by atoms with Gasteiger partial charge in [-0.05, 0) is 61.4 Å². The molecule has 6 nitrogen and oxygen atoms in total. The van der Waals surface area contributed by atoms with Crippen molar-refractivity contribution in [1.82, 2.24) is 0 Å². The van der Waals surface area contributed by atoms with Crippen molar-refractivity contribution < 1.29 is 30.0 Å². The predicted molar refractivity (Wildman–Crippen MR) is 150 cm³/mol. The molecule has 0 bridgehead atoms. The van der Waals surface area contributed by atoms with Crippen molar-refractivity contribution >= 4 is 12.6 Å². The maximum Gasteiger partial charge on any atom is 0.133 e. The molecule has 4 aromatic carbocycles. The average Bonchev–Trinajstić information content (AvgIpc) is 2.96. The van der Waals surface area contributed by atoms with Crippen LogP contribution in [0.5, 0.6) is 23.0 Å². The first-order valence-electron chi connectivity index (χ1n) is 12.3. The Bertz CT molecular complexity index is 938. The number of para-hydroxylation sites is 4. The summed E-state index contributed by atoms with van der Waals surface area (Å²) in [6.45, 7) is 0. The van der Waals surface area contributed by atoms with Gasteiger partial charge in [-0.3, -0.25) is 0 Å². The van der Waals surface area contributed by atoms with Crippen LogP contribution in [0.25, 0.3) is 0 Å². The fourth-order valence-corrected chi connectivity index (χ4v) is 3.19. The summed E-state index contributed by atoms with van der Waals surface area (Å²) in [4.78, 5) is 21.0. The van der Waals surface area contributed by atoms with Crippen LogP contribution in [0.4, 0.5) is 0 Å². The topological polar surface area (TPSA) is 115 Å². The fraction of sp³-hybridized carbons (Fsp3) is 0.188. The van der Waals surface area contributed by atoms with Crippen molar-refractivity contribution in [3.63, 3.8) is 0 Å². The maximum absolute atomic E-state index is 10.5. The third kappa shape index (κ3) is 15.4. The van der Waals surface area contributed by atoms with Crippen molar-refractivity contribution in [3.05, 3.63) is 121 Å². The second-order valence-corrected chi connectivity index (χ2v) is 8.37. The molecule has 0 saturated heterocycles. The van der Waals surface area contributed by atoms with Crippen LogP contribution in [0.15, 0.2) is 121 Å². The van der Waals surface area contributed by atoms with Crippen molar-refractivity contribution in [2.24, 2.45) is 5.41 Å². The molecule has 0 aromatic heterocycles. The number of rotatable bonds is 2. The standard InChI is InChI=1S/C8H12O2.4C6H6O/c9-6-8(7-10)4-2-1-3-5-8;4*7-6-4-2-1-3-5-6/h6-7H,1-5H2;4*1-5,7H. The Labute approximate surface area is 224 Å². The van der Waals surface area contributed by atoms with Crippen LogP contribution in [0.3, 0.4) is 0 Å². The van der Waals surface area contributed by atoms with Crippen LogP contribution in [-0.4, -0.2) is 33.0 Å². The Kier molecular flexibility index (Phi) is 16.2. The van der Waals surface area contributed by atoms with Gasteiger partial charge in [0.25, 0.3) is 0 Å². The summed E-state index contributed by atoms with van der Waals surface area (Å²) in [6, 6.07) is 34.9. The molecular weight excluding hydrogens is 480 g/mol. The van der Waals surface area contributed by atoms with Crippen LogP contribution < -0.4 is 0 Å². The molecule has 0 aliphatic heterocycles. The van der Waals surface area contributed by atoms with E-state index in [1.54, 1.807) is 97.1 Å². The van der Waals surface area contributed by atoms with Crippen molar-refractivity contribution in [1.29, 1.82) is 0 Å². The number of hydrogen-bond acceptors (Lipinski definition) is 6. The molecule has 4 N–H and O–H groups in total. The molecule has 0 amide bonds. The molecule has 6 heteroatoms. The minimum Gasteiger partial charge on any atom is -0.508 e. The van der Waals surface area contributed by atoms with Gasteiger partial charge in [-0.25, -0.2) is 0 Å². The van der Waals surface area contributed by atoms with Crippen molar-refractivity contribution in [2.75, 3.05) is 0 Å². The Balaban J connectivity index is 0.000000239. The lowest BCUT2D eigenvalue weighted by atomic mass is 9.77. The first kappa shape index (κ1) is 31.4. The summed E-state index contributed by atoms with van der Waals surface area (Å²) in [6.07, 6.45) is 6.39. The minimum atomic E-state index is -0.599. The quantitative estimate of drug-likeness (QED) is 0.170. The summed E-state index contributed by atoms with van der Waals surface area (Å²) in [7, 11) is 0. The first-order chi connectivity index (χ1) is 18.4. The van der Waals surface area contributed by atoms with Gasteiger partial charge in [0.05, 0.1) is 5.41 Å². The second kappa shape index (κ2) is 19.6. The Morgan fingerprint density at radius 2 is 0.658 bits per heavy atom. The highest BCUT2D eigenvalue weighted by Gasteiger charge is 2.30. The smallest absolute Gasteiger partial charge is 0.133 e. The molecule has 0 unspecified atom stereocenters. The molecule has 0 heterocycles. The molecule has 0 spiro atoms. The van der Waals surface area contributed by atoms with Crippen molar-refractivity contribution in [2.45, 2.75) is 32.1 Å². The van der Waals surface area contributed by atoms with E-state index in [9.17, 15) is 9.59 Å². The lowest BCUT2D eigenvalue weighted by Crippen LogP contribution is -2.27. The van der Waals surface area contributed by atoms with Gasteiger partial charge in [0.2, 0.25) is 0 Å². The van der Waals surface area contributed by atoms with E-state index in [0.717, 1.165) is 38.3 Å². The lowest BCUT2D eigenvalue weighted by molar-refractivity contribution is -0.128. The number of benzene rings is 4. The number of hydrogen-bond donors (Lipinski definition) is 4. The zero-order chi connectivity index (χ0) is 27.9. The number of aromatic hydroxyl groups is 4. The Morgan fingerprint density at radius 1 is 0.421 bits per heavy atom. The van der Waals surface area contributed by atoms with E-state index >= 15 is 0 Å². The van der Waals surface area contributed by atoms with Gasteiger partial charge in [-0.15, -0.1) is 0 Å². The SMILES string of the molecule is O=CC1(C=O)CCCCC1.Oc1ccccc1.Oc1ccccc1.Oc1ccccc1.Oc1ccccc1. The van der Waals surface area contributed by atoms with Crippen LogP contribution in [0.1, 0.15) is 32.1 Å². The molecule has 1 saturated carbocycles. The Morgan fingerprint density at radius 3 is 0.789 bits per heavy atom. The van der Waals surface area contributed by atoms with Gasteiger partial charge in [0, 0.05) is 0 Å². The normalized spacial score (nSPS) is 12.5. The monoisotopic (exact) mass is 516 g/mol.